The van der Waals surface area contributed by atoms with Crippen LogP contribution in [-0.4, -0.2) is 44.2 Å². The van der Waals surface area contributed by atoms with Crippen LogP contribution in [0.25, 0.3) is 0 Å². The maximum atomic E-state index is 5.88. The molecule has 0 saturated carbocycles. The van der Waals surface area contributed by atoms with Gasteiger partial charge in [-0.15, -0.1) is 0 Å². The lowest BCUT2D eigenvalue weighted by Gasteiger charge is -2.29. The van der Waals surface area contributed by atoms with Crippen molar-refractivity contribution >= 4 is 5.69 Å². The third-order valence-corrected chi connectivity index (χ3v) is 3.58. The van der Waals surface area contributed by atoms with E-state index >= 15 is 0 Å². The molecule has 1 aromatic carbocycles. The molecule has 0 spiro atoms. The largest absolute Gasteiger partial charge is 0.370 e. The van der Waals surface area contributed by atoms with Crippen LogP contribution in [0.2, 0.25) is 0 Å². The van der Waals surface area contributed by atoms with Crippen LogP contribution in [0.3, 0.4) is 0 Å². The predicted molar refractivity (Wildman–Crippen MR) is 73.3 cm³/mol. The third-order valence-electron chi connectivity index (χ3n) is 3.58. The molecule has 2 unspecified atom stereocenters. The minimum absolute atomic E-state index is 0.458. The Bertz CT molecular complexity index is 339. The highest BCUT2D eigenvalue weighted by molar-refractivity contribution is 5.46. The fourth-order valence-electron chi connectivity index (χ4n) is 2.65. The standard InChI is InChI=1S/C14H23N3/c1-12-9-16(2)14(8-15)11-17(10-12)13-6-4-3-5-7-13/h3-7,12,14H,8-11,15H2,1-2H3. The molecule has 2 atom stereocenters. The summed E-state index contributed by atoms with van der Waals surface area (Å²) in [5.41, 5.74) is 7.19. The summed E-state index contributed by atoms with van der Waals surface area (Å²) < 4.78 is 0. The van der Waals surface area contributed by atoms with Crippen LogP contribution >= 0.6 is 0 Å². The number of nitrogens with two attached hydrogens (primary N) is 1. The van der Waals surface area contributed by atoms with E-state index in [0.29, 0.717) is 12.0 Å². The van der Waals surface area contributed by atoms with Gasteiger partial charge in [0.15, 0.2) is 0 Å². The molecule has 0 amide bonds. The lowest BCUT2D eigenvalue weighted by molar-refractivity contribution is 0.244. The second-order valence-electron chi connectivity index (χ2n) is 5.17. The van der Waals surface area contributed by atoms with Gasteiger partial charge < -0.3 is 15.5 Å². The first-order chi connectivity index (χ1) is 8.20. The summed E-state index contributed by atoms with van der Waals surface area (Å²) >= 11 is 0. The lowest BCUT2D eigenvalue weighted by atomic mass is 10.1. The Morgan fingerprint density at radius 1 is 1.18 bits per heavy atom. The average Bonchev–Trinajstić information content (AvgIpc) is 2.48. The van der Waals surface area contributed by atoms with Crippen LogP contribution in [0.1, 0.15) is 6.92 Å². The monoisotopic (exact) mass is 233 g/mol. The van der Waals surface area contributed by atoms with Gasteiger partial charge in [0.25, 0.3) is 0 Å². The molecule has 1 aliphatic heterocycles. The van der Waals surface area contributed by atoms with Crippen molar-refractivity contribution in [2.75, 3.05) is 38.1 Å². The highest BCUT2D eigenvalue weighted by atomic mass is 15.2. The summed E-state index contributed by atoms with van der Waals surface area (Å²) in [6.45, 7) is 6.31. The van der Waals surface area contributed by atoms with E-state index in [0.717, 1.165) is 26.2 Å². The number of hydrogen-bond acceptors (Lipinski definition) is 3. The Kier molecular flexibility index (Phi) is 4.02. The molecule has 0 bridgehead atoms. The molecule has 0 aromatic heterocycles. The Labute approximate surface area is 104 Å². The van der Waals surface area contributed by atoms with E-state index in [1.807, 2.05) is 0 Å². The second kappa shape index (κ2) is 5.52. The number of hydrogen-bond donors (Lipinski definition) is 1. The molecule has 1 heterocycles. The van der Waals surface area contributed by atoms with E-state index in [9.17, 15) is 0 Å². The summed E-state index contributed by atoms with van der Waals surface area (Å²) in [5.74, 6) is 0.678. The maximum Gasteiger partial charge on any atom is 0.0390 e. The van der Waals surface area contributed by atoms with E-state index in [1.165, 1.54) is 5.69 Å². The number of para-hydroxylation sites is 1. The summed E-state index contributed by atoms with van der Waals surface area (Å²) in [6, 6.07) is 11.1. The highest BCUT2D eigenvalue weighted by Crippen LogP contribution is 2.19. The van der Waals surface area contributed by atoms with Gasteiger partial charge in [-0.1, -0.05) is 25.1 Å². The smallest absolute Gasteiger partial charge is 0.0390 e. The van der Waals surface area contributed by atoms with Crippen molar-refractivity contribution in [1.29, 1.82) is 0 Å². The molecule has 2 N–H and O–H groups in total. The molecule has 1 aromatic rings. The van der Waals surface area contributed by atoms with Crippen molar-refractivity contribution < 1.29 is 0 Å². The van der Waals surface area contributed by atoms with E-state index in [1.54, 1.807) is 0 Å². The van der Waals surface area contributed by atoms with Crippen LogP contribution in [-0.2, 0) is 0 Å². The Morgan fingerprint density at radius 2 is 1.88 bits per heavy atom. The molecule has 3 heteroatoms. The molecule has 0 aliphatic carbocycles. The van der Waals surface area contributed by atoms with Crippen LogP contribution in [0.5, 0.6) is 0 Å². The number of likely N-dealkylation sites (N-methyl/N-ethyl adjacent to an activating group) is 1. The van der Waals surface area contributed by atoms with Crippen molar-refractivity contribution in [1.82, 2.24) is 4.90 Å². The van der Waals surface area contributed by atoms with Gasteiger partial charge in [-0.25, -0.2) is 0 Å². The number of anilines is 1. The fourth-order valence-corrected chi connectivity index (χ4v) is 2.65. The molecule has 1 fully saturated rings. The zero-order valence-corrected chi connectivity index (χ0v) is 10.8. The van der Waals surface area contributed by atoms with Gasteiger partial charge >= 0.3 is 0 Å². The van der Waals surface area contributed by atoms with Gasteiger partial charge in [0.2, 0.25) is 0 Å². The van der Waals surface area contributed by atoms with Crippen LogP contribution in [0.15, 0.2) is 30.3 Å². The average molecular weight is 233 g/mol. The minimum atomic E-state index is 0.458. The first-order valence-corrected chi connectivity index (χ1v) is 6.41. The topological polar surface area (TPSA) is 32.5 Å². The van der Waals surface area contributed by atoms with Crippen LogP contribution in [0.4, 0.5) is 5.69 Å². The summed E-state index contributed by atoms with van der Waals surface area (Å²) in [4.78, 5) is 4.86. The van der Waals surface area contributed by atoms with Crippen molar-refractivity contribution in [2.24, 2.45) is 11.7 Å². The molecule has 0 radical (unpaired) electrons. The van der Waals surface area contributed by atoms with Crippen molar-refractivity contribution in [2.45, 2.75) is 13.0 Å². The van der Waals surface area contributed by atoms with Gasteiger partial charge in [-0.3, -0.25) is 0 Å². The number of rotatable bonds is 2. The summed E-state index contributed by atoms with van der Waals surface area (Å²) in [5, 5.41) is 0. The Hall–Kier alpha value is -1.06. The quantitative estimate of drug-likeness (QED) is 0.838. The van der Waals surface area contributed by atoms with Crippen LogP contribution in [0, 0.1) is 5.92 Å². The Balaban J connectivity index is 2.16. The van der Waals surface area contributed by atoms with Gasteiger partial charge in [0.05, 0.1) is 0 Å². The normalized spacial score (nSPS) is 26.9. The van der Waals surface area contributed by atoms with E-state index in [2.05, 4.69) is 54.1 Å². The molecular weight excluding hydrogens is 210 g/mol. The highest BCUT2D eigenvalue weighted by Gasteiger charge is 2.24. The fraction of sp³-hybridized carbons (Fsp3) is 0.571. The number of nitrogens with zero attached hydrogens (tertiary/aromatic N) is 2. The van der Waals surface area contributed by atoms with E-state index in [4.69, 9.17) is 5.73 Å². The maximum absolute atomic E-state index is 5.88. The third kappa shape index (κ3) is 2.99. The van der Waals surface area contributed by atoms with Gasteiger partial charge in [0, 0.05) is 37.9 Å². The first kappa shape index (κ1) is 12.4. The van der Waals surface area contributed by atoms with Crippen LogP contribution < -0.4 is 10.6 Å². The number of benzene rings is 1. The molecule has 94 valence electrons. The van der Waals surface area contributed by atoms with E-state index < -0.39 is 0 Å². The molecule has 1 aliphatic rings. The lowest BCUT2D eigenvalue weighted by Crippen LogP contribution is -2.43. The Morgan fingerprint density at radius 3 is 2.53 bits per heavy atom. The molecule has 17 heavy (non-hydrogen) atoms. The molecule has 3 nitrogen and oxygen atoms in total. The van der Waals surface area contributed by atoms with Crippen molar-refractivity contribution in [3.8, 4) is 0 Å². The predicted octanol–water partition coefficient (Wildman–Crippen LogP) is 1.40. The van der Waals surface area contributed by atoms with Crippen molar-refractivity contribution in [3.63, 3.8) is 0 Å². The zero-order chi connectivity index (χ0) is 12.3. The van der Waals surface area contributed by atoms with Crippen molar-refractivity contribution in [3.05, 3.63) is 30.3 Å². The molecular formula is C14H23N3. The van der Waals surface area contributed by atoms with Gasteiger partial charge in [0.1, 0.15) is 0 Å². The summed E-state index contributed by atoms with van der Waals surface area (Å²) in [6.07, 6.45) is 0. The first-order valence-electron chi connectivity index (χ1n) is 6.41. The summed E-state index contributed by atoms with van der Waals surface area (Å²) in [7, 11) is 2.18. The molecule has 1 saturated heterocycles. The SMILES string of the molecule is CC1CN(c2ccccc2)CC(CN)N(C)C1. The zero-order valence-electron chi connectivity index (χ0n) is 10.8. The second-order valence-corrected chi connectivity index (χ2v) is 5.17. The van der Waals surface area contributed by atoms with E-state index in [-0.39, 0.29) is 0 Å². The van der Waals surface area contributed by atoms with Gasteiger partial charge in [-0.2, -0.15) is 0 Å². The van der Waals surface area contributed by atoms with Gasteiger partial charge in [-0.05, 0) is 25.1 Å². The minimum Gasteiger partial charge on any atom is -0.370 e. The molecule has 2 rings (SSSR count).